The molecule has 1 heterocycles. The van der Waals surface area contributed by atoms with E-state index >= 15 is 0 Å². The number of urea groups is 1. The fourth-order valence-corrected chi connectivity index (χ4v) is 3.13. The Morgan fingerprint density at radius 3 is 2.42 bits per heavy atom. The highest BCUT2D eigenvalue weighted by Gasteiger charge is 2.18. The fourth-order valence-electron chi connectivity index (χ4n) is 2.20. The van der Waals surface area contributed by atoms with Crippen molar-refractivity contribution in [2.45, 2.75) is 31.6 Å². The number of hydrogen-bond donors (Lipinski definition) is 3. The van der Waals surface area contributed by atoms with Crippen molar-refractivity contribution in [3.8, 4) is 5.69 Å². The Morgan fingerprint density at radius 1 is 1.23 bits per heavy atom. The molecular weight excluding hydrogens is 360 g/mol. The fraction of sp³-hybridized carbons (Fsp3) is 0.312. The van der Waals surface area contributed by atoms with E-state index < -0.39 is 22.0 Å². The molecule has 0 bridgehead atoms. The van der Waals surface area contributed by atoms with Crippen LogP contribution in [0.2, 0.25) is 0 Å². The molecule has 26 heavy (non-hydrogen) atoms. The first-order valence-corrected chi connectivity index (χ1v) is 9.44. The number of rotatable bonds is 7. The zero-order chi connectivity index (χ0) is 19.3. The third kappa shape index (κ3) is 4.60. The number of nitrogens with one attached hydrogen (secondary N) is 2. The van der Waals surface area contributed by atoms with Crippen molar-refractivity contribution in [3.63, 3.8) is 0 Å². The molecule has 0 saturated carbocycles. The van der Waals surface area contributed by atoms with Crippen molar-refractivity contribution in [2.75, 3.05) is 6.54 Å². The number of nitrogens with zero attached hydrogens (tertiary/aromatic N) is 2. The lowest BCUT2D eigenvalue weighted by atomic mass is 10.3. The maximum absolute atomic E-state index is 12.2. The molecule has 0 spiro atoms. The monoisotopic (exact) mass is 380 g/mol. The Balaban J connectivity index is 2.15. The third-order valence-corrected chi connectivity index (χ3v) is 4.89. The van der Waals surface area contributed by atoms with Crippen LogP contribution in [0.1, 0.15) is 35.9 Å². The number of carbonyl (C=O) groups is 2. The number of carbonyl (C=O) groups excluding carboxylic acids is 1. The van der Waals surface area contributed by atoms with E-state index in [9.17, 15) is 18.0 Å². The molecule has 0 saturated heterocycles. The molecule has 2 amide bonds. The largest absolute Gasteiger partial charge is 0.476 e. The summed E-state index contributed by atoms with van der Waals surface area (Å²) < 4.78 is 27.8. The average molecular weight is 380 g/mol. The molecule has 0 unspecified atom stereocenters. The number of hydrogen-bond acceptors (Lipinski definition) is 5. The van der Waals surface area contributed by atoms with Gasteiger partial charge in [0.15, 0.2) is 5.69 Å². The summed E-state index contributed by atoms with van der Waals surface area (Å²) in [4.78, 5) is 22.5. The van der Waals surface area contributed by atoms with Gasteiger partial charge in [-0.25, -0.2) is 27.4 Å². The molecule has 0 aliphatic carbocycles. The van der Waals surface area contributed by atoms with E-state index in [4.69, 9.17) is 5.11 Å². The molecule has 10 heteroatoms. The maximum Gasteiger partial charge on any atom is 0.356 e. The molecule has 0 radical (unpaired) electrons. The lowest BCUT2D eigenvalue weighted by molar-refractivity contribution is 0.0690. The minimum absolute atomic E-state index is 0.0878. The predicted octanol–water partition coefficient (Wildman–Crippen LogP) is 1.67. The Hall–Kier alpha value is -2.88. The van der Waals surface area contributed by atoms with Crippen molar-refractivity contribution in [1.82, 2.24) is 19.8 Å². The van der Waals surface area contributed by atoms with Crippen LogP contribution in [0, 0.1) is 6.92 Å². The number of aryl methyl sites for hydroxylation is 1. The second-order valence-corrected chi connectivity index (χ2v) is 7.28. The number of amides is 2. The van der Waals surface area contributed by atoms with Crippen LogP contribution in [0.5, 0.6) is 0 Å². The summed E-state index contributed by atoms with van der Waals surface area (Å²) in [5, 5.41) is 15.4. The van der Waals surface area contributed by atoms with Crippen molar-refractivity contribution in [3.05, 3.63) is 41.7 Å². The molecule has 0 atom stereocenters. The second-order valence-electron chi connectivity index (χ2n) is 5.60. The van der Waals surface area contributed by atoms with Gasteiger partial charge in [-0.15, -0.1) is 0 Å². The minimum atomic E-state index is -4.00. The van der Waals surface area contributed by atoms with Crippen LogP contribution >= 0.6 is 0 Å². The van der Waals surface area contributed by atoms with Gasteiger partial charge in [0, 0.05) is 12.2 Å². The standard InChI is InChI=1S/C16H20N4O5S/c1-3-4-9-17-16(23)19-26(24,25)13-7-5-12(6-8-13)20-11(2)10-14(18-20)15(21)22/h5-8,10H,3-4,9H2,1-2H3,(H,21,22)(H2,17,19,23). The van der Waals surface area contributed by atoms with Crippen molar-refractivity contribution in [2.24, 2.45) is 0 Å². The second kappa shape index (κ2) is 8.00. The van der Waals surface area contributed by atoms with Crippen molar-refractivity contribution >= 4 is 22.0 Å². The van der Waals surface area contributed by atoms with Crippen LogP contribution in [0.15, 0.2) is 35.2 Å². The quantitative estimate of drug-likeness (QED) is 0.626. The summed E-state index contributed by atoms with van der Waals surface area (Å²) in [5.41, 5.74) is 0.984. The highest BCUT2D eigenvalue weighted by molar-refractivity contribution is 7.90. The van der Waals surface area contributed by atoms with E-state index in [-0.39, 0.29) is 10.6 Å². The summed E-state index contributed by atoms with van der Waals surface area (Å²) in [5.74, 6) is -1.15. The molecule has 1 aromatic carbocycles. The molecule has 0 aliphatic heterocycles. The van der Waals surface area contributed by atoms with Crippen LogP contribution in [0.25, 0.3) is 5.69 Å². The average Bonchev–Trinajstić information content (AvgIpc) is 2.97. The van der Waals surface area contributed by atoms with Crippen LogP contribution in [0.4, 0.5) is 4.79 Å². The lowest BCUT2D eigenvalue weighted by Crippen LogP contribution is -2.39. The van der Waals surface area contributed by atoms with Gasteiger partial charge in [-0.2, -0.15) is 5.10 Å². The van der Waals surface area contributed by atoms with E-state index in [0.29, 0.717) is 17.9 Å². The van der Waals surface area contributed by atoms with Gasteiger partial charge in [0.1, 0.15) is 0 Å². The first-order valence-electron chi connectivity index (χ1n) is 7.95. The summed E-state index contributed by atoms with van der Waals surface area (Å²) in [6.07, 6.45) is 1.63. The molecule has 1 aromatic heterocycles. The number of aromatic nitrogens is 2. The van der Waals surface area contributed by atoms with E-state index in [1.54, 1.807) is 6.92 Å². The third-order valence-electron chi connectivity index (χ3n) is 3.54. The van der Waals surface area contributed by atoms with Gasteiger partial charge >= 0.3 is 12.0 Å². The SMILES string of the molecule is CCCCNC(=O)NS(=O)(=O)c1ccc(-n2nc(C(=O)O)cc2C)cc1. The molecule has 0 aliphatic rings. The lowest BCUT2D eigenvalue weighted by Gasteiger charge is -2.09. The molecule has 3 N–H and O–H groups in total. The molecule has 140 valence electrons. The topological polar surface area (TPSA) is 130 Å². The smallest absolute Gasteiger partial charge is 0.356 e. The van der Waals surface area contributed by atoms with Crippen LogP contribution in [0.3, 0.4) is 0 Å². The highest BCUT2D eigenvalue weighted by atomic mass is 32.2. The number of aromatic carboxylic acids is 1. The van der Waals surface area contributed by atoms with Gasteiger partial charge in [-0.3, -0.25) is 0 Å². The van der Waals surface area contributed by atoms with E-state index in [2.05, 4.69) is 10.4 Å². The molecular formula is C16H20N4O5S. The molecule has 9 nitrogen and oxygen atoms in total. The molecule has 2 rings (SSSR count). The normalized spacial score (nSPS) is 11.2. The number of benzene rings is 1. The zero-order valence-corrected chi connectivity index (χ0v) is 15.2. The summed E-state index contributed by atoms with van der Waals surface area (Å²) in [6, 6.07) is 6.23. The van der Waals surface area contributed by atoms with Crippen molar-refractivity contribution < 1.29 is 23.1 Å². The predicted molar refractivity (Wildman–Crippen MR) is 93.9 cm³/mol. The summed E-state index contributed by atoms with van der Waals surface area (Å²) >= 11 is 0. The van der Waals surface area contributed by atoms with Gasteiger partial charge in [0.05, 0.1) is 10.6 Å². The number of sulfonamides is 1. The molecule has 0 fully saturated rings. The summed E-state index contributed by atoms with van der Waals surface area (Å²) in [7, 11) is -4.00. The van der Waals surface area contributed by atoms with Crippen LogP contribution < -0.4 is 10.0 Å². The van der Waals surface area contributed by atoms with Gasteiger partial charge in [0.25, 0.3) is 10.0 Å². The molecule has 2 aromatic rings. The van der Waals surface area contributed by atoms with Crippen LogP contribution in [-0.4, -0.2) is 41.8 Å². The van der Waals surface area contributed by atoms with E-state index in [1.807, 2.05) is 11.6 Å². The van der Waals surface area contributed by atoms with Crippen molar-refractivity contribution in [1.29, 1.82) is 0 Å². The summed E-state index contributed by atoms with van der Waals surface area (Å²) in [6.45, 7) is 4.03. The van der Waals surface area contributed by atoms with Crippen LogP contribution in [-0.2, 0) is 10.0 Å². The first kappa shape index (κ1) is 19.4. The first-order chi connectivity index (χ1) is 12.2. The number of unbranched alkanes of at least 4 members (excludes halogenated alkanes) is 1. The van der Waals surface area contributed by atoms with Gasteiger partial charge in [0.2, 0.25) is 0 Å². The highest BCUT2D eigenvalue weighted by Crippen LogP contribution is 2.16. The van der Waals surface area contributed by atoms with Gasteiger partial charge < -0.3 is 10.4 Å². The number of carboxylic acids is 1. The zero-order valence-electron chi connectivity index (χ0n) is 14.4. The Kier molecular flexibility index (Phi) is 5.98. The van der Waals surface area contributed by atoms with Gasteiger partial charge in [-0.1, -0.05) is 13.3 Å². The van der Waals surface area contributed by atoms with E-state index in [0.717, 1.165) is 12.8 Å². The Labute approximate surface area is 151 Å². The maximum atomic E-state index is 12.2. The minimum Gasteiger partial charge on any atom is -0.476 e. The van der Waals surface area contributed by atoms with E-state index in [1.165, 1.54) is 35.0 Å². The van der Waals surface area contributed by atoms with Gasteiger partial charge in [-0.05, 0) is 43.7 Å². The Bertz CT molecular complexity index is 903. The number of carboxylic acid groups (broad SMARTS) is 1. The Morgan fingerprint density at radius 2 is 1.88 bits per heavy atom.